The lowest BCUT2D eigenvalue weighted by atomic mass is 9.88. The molecule has 1 fully saturated rings. The number of carbonyl (C=O) groups is 2. The molecule has 0 spiro atoms. The van der Waals surface area contributed by atoms with Crippen molar-refractivity contribution in [1.82, 2.24) is 9.21 Å². The van der Waals surface area contributed by atoms with E-state index in [2.05, 4.69) is 0 Å². The van der Waals surface area contributed by atoms with Crippen molar-refractivity contribution in [2.75, 3.05) is 26.2 Å². The average Bonchev–Trinajstić information content (AvgIpc) is 2.79. The molecule has 0 aliphatic carbocycles. The number of rotatable bonds is 7. The molecule has 2 aromatic rings. The van der Waals surface area contributed by atoms with Crippen molar-refractivity contribution in [1.29, 1.82) is 0 Å². The van der Waals surface area contributed by atoms with Crippen molar-refractivity contribution in [3.63, 3.8) is 0 Å². The molecule has 2 aromatic carbocycles. The Hall–Kier alpha value is -2.51. The first-order chi connectivity index (χ1) is 14.4. The van der Waals surface area contributed by atoms with Gasteiger partial charge in [-0.05, 0) is 31.0 Å². The second kappa shape index (κ2) is 9.53. The Kier molecular flexibility index (Phi) is 7.05. The number of hydrogen-bond donors (Lipinski definition) is 0. The molecule has 1 aliphatic rings. The molecule has 1 amide bonds. The highest BCUT2D eigenvalue weighted by Gasteiger charge is 2.29. The Bertz CT molecular complexity index is 993. The molecule has 0 atom stereocenters. The minimum atomic E-state index is -3.62. The number of Topliss-reactive ketones (excluding diaryl/α,β-unsaturated/α-hetero) is 1. The summed E-state index contributed by atoms with van der Waals surface area (Å²) in [4.78, 5) is 27.5. The lowest BCUT2D eigenvalue weighted by Crippen LogP contribution is -2.40. The Morgan fingerprint density at radius 3 is 2.13 bits per heavy atom. The summed E-state index contributed by atoms with van der Waals surface area (Å²) in [6.45, 7) is 5.29. The summed E-state index contributed by atoms with van der Waals surface area (Å²) >= 11 is 0. The highest BCUT2D eigenvalue weighted by atomic mass is 32.2. The lowest BCUT2D eigenvalue weighted by molar-refractivity contribution is 0.0650. The topological polar surface area (TPSA) is 74.8 Å². The van der Waals surface area contributed by atoms with Crippen molar-refractivity contribution in [3.8, 4) is 0 Å². The zero-order chi connectivity index (χ0) is 21.7. The van der Waals surface area contributed by atoms with Crippen molar-refractivity contribution < 1.29 is 18.0 Å². The number of carbonyl (C=O) groups excluding carboxylic acids is 2. The third-order valence-electron chi connectivity index (χ3n) is 5.64. The third-order valence-corrected chi connectivity index (χ3v) is 7.68. The highest BCUT2D eigenvalue weighted by molar-refractivity contribution is 7.89. The monoisotopic (exact) mass is 428 g/mol. The maximum Gasteiger partial charge on any atom is 0.253 e. The molecule has 0 aromatic heterocycles. The fraction of sp³-hybridized carbons (Fsp3) is 0.391. The molecule has 0 N–H and O–H groups in total. The van der Waals surface area contributed by atoms with Gasteiger partial charge in [-0.1, -0.05) is 50.2 Å². The molecule has 160 valence electrons. The van der Waals surface area contributed by atoms with Crippen LogP contribution in [0.4, 0.5) is 0 Å². The van der Waals surface area contributed by atoms with E-state index >= 15 is 0 Å². The number of amides is 1. The Balaban J connectivity index is 1.69. The van der Waals surface area contributed by atoms with Crippen LogP contribution in [-0.4, -0.2) is 55.5 Å². The van der Waals surface area contributed by atoms with Crippen LogP contribution < -0.4 is 0 Å². The fourth-order valence-corrected chi connectivity index (χ4v) is 5.37. The minimum absolute atomic E-state index is 0.0918. The SMILES string of the molecule is CCN(CC)S(=O)(=O)c1cccc(C(=O)N2CCC(C(=O)c3ccccc3)CC2)c1. The molecule has 0 saturated carbocycles. The lowest BCUT2D eigenvalue weighted by Gasteiger charge is -2.31. The van der Waals surface area contributed by atoms with Gasteiger partial charge in [-0.3, -0.25) is 9.59 Å². The van der Waals surface area contributed by atoms with Crippen LogP contribution in [0, 0.1) is 5.92 Å². The molecule has 1 aliphatic heterocycles. The summed E-state index contributed by atoms with van der Waals surface area (Å²) in [5, 5.41) is 0. The average molecular weight is 429 g/mol. The van der Waals surface area contributed by atoms with E-state index in [1.165, 1.54) is 16.4 Å². The quantitative estimate of drug-likeness (QED) is 0.633. The van der Waals surface area contributed by atoms with E-state index in [1.54, 1.807) is 30.9 Å². The van der Waals surface area contributed by atoms with Crippen LogP contribution >= 0.6 is 0 Å². The van der Waals surface area contributed by atoms with E-state index in [9.17, 15) is 18.0 Å². The Morgan fingerprint density at radius 2 is 1.53 bits per heavy atom. The number of likely N-dealkylation sites (tertiary alicyclic amines) is 1. The van der Waals surface area contributed by atoms with Gasteiger partial charge in [0.1, 0.15) is 0 Å². The standard InChI is InChI=1S/C23H28N2O4S/c1-3-25(4-2)30(28,29)21-12-8-11-20(17-21)23(27)24-15-13-19(14-16-24)22(26)18-9-6-5-7-10-18/h5-12,17,19H,3-4,13-16H2,1-2H3. The van der Waals surface area contributed by atoms with E-state index < -0.39 is 10.0 Å². The van der Waals surface area contributed by atoms with Gasteiger partial charge in [0.2, 0.25) is 10.0 Å². The van der Waals surface area contributed by atoms with Crippen LogP contribution in [0.3, 0.4) is 0 Å². The number of nitrogens with zero attached hydrogens (tertiary/aromatic N) is 2. The molecule has 1 heterocycles. The van der Waals surface area contributed by atoms with Crippen LogP contribution in [-0.2, 0) is 10.0 Å². The van der Waals surface area contributed by atoms with Gasteiger partial charge in [0, 0.05) is 43.2 Å². The molecular formula is C23H28N2O4S. The summed E-state index contributed by atoms with van der Waals surface area (Å²) in [5.74, 6) is -0.168. The number of piperidine rings is 1. The highest BCUT2D eigenvalue weighted by Crippen LogP contribution is 2.24. The van der Waals surface area contributed by atoms with E-state index in [0.717, 1.165) is 0 Å². The third kappa shape index (κ3) is 4.63. The Labute approximate surface area is 178 Å². The van der Waals surface area contributed by atoms with Crippen LogP contribution in [0.25, 0.3) is 0 Å². The molecule has 6 nitrogen and oxygen atoms in total. The second-order valence-corrected chi connectivity index (χ2v) is 9.35. The first-order valence-corrected chi connectivity index (χ1v) is 11.8. The van der Waals surface area contributed by atoms with Crippen LogP contribution in [0.5, 0.6) is 0 Å². The maximum atomic E-state index is 13.0. The zero-order valence-electron chi connectivity index (χ0n) is 17.5. The Morgan fingerprint density at radius 1 is 0.933 bits per heavy atom. The second-order valence-electron chi connectivity index (χ2n) is 7.41. The molecule has 3 rings (SSSR count). The molecule has 30 heavy (non-hydrogen) atoms. The normalized spacial score (nSPS) is 15.4. The summed E-state index contributed by atoms with van der Waals surface area (Å²) in [5.41, 5.74) is 1.06. The van der Waals surface area contributed by atoms with E-state index in [1.807, 2.05) is 30.3 Å². The van der Waals surface area contributed by atoms with Crippen LogP contribution in [0.2, 0.25) is 0 Å². The fourth-order valence-electron chi connectivity index (χ4n) is 3.87. The van der Waals surface area contributed by atoms with Gasteiger partial charge in [-0.25, -0.2) is 8.42 Å². The van der Waals surface area contributed by atoms with Gasteiger partial charge in [0.15, 0.2) is 5.78 Å². The predicted octanol–water partition coefficient (Wildman–Crippen LogP) is 3.45. The number of ketones is 1. The first kappa shape index (κ1) is 22.2. The predicted molar refractivity (Wildman–Crippen MR) is 116 cm³/mol. The largest absolute Gasteiger partial charge is 0.339 e. The molecule has 0 radical (unpaired) electrons. The number of sulfonamides is 1. The van der Waals surface area contributed by atoms with Crippen molar-refractivity contribution in [2.45, 2.75) is 31.6 Å². The van der Waals surface area contributed by atoms with Crippen LogP contribution in [0.1, 0.15) is 47.4 Å². The van der Waals surface area contributed by atoms with Crippen molar-refractivity contribution >= 4 is 21.7 Å². The molecular weight excluding hydrogens is 400 g/mol. The van der Waals surface area contributed by atoms with Crippen LogP contribution in [0.15, 0.2) is 59.5 Å². The molecule has 7 heteroatoms. The van der Waals surface area contributed by atoms with Gasteiger partial charge >= 0.3 is 0 Å². The smallest absolute Gasteiger partial charge is 0.253 e. The van der Waals surface area contributed by atoms with Gasteiger partial charge in [0.05, 0.1) is 4.90 Å². The van der Waals surface area contributed by atoms with Gasteiger partial charge in [-0.2, -0.15) is 4.31 Å². The van der Waals surface area contributed by atoms with E-state index in [-0.39, 0.29) is 22.5 Å². The van der Waals surface area contributed by atoms with Gasteiger partial charge in [-0.15, -0.1) is 0 Å². The molecule has 1 saturated heterocycles. The number of hydrogen-bond acceptors (Lipinski definition) is 4. The zero-order valence-corrected chi connectivity index (χ0v) is 18.3. The maximum absolute atomic E-state index is 13.0. The van der Waals surface area contributed by atoms with Crippen molar-refractivity contribution in [3.05, 3.63) is 65.7 Å². The summed E-state index contributed by atoms with van der Waals surface area (Å²) < 4.78 is 26.9. The van der Waals surface area contributed by atoms with Crippen molar-refractivity contribution in [2.24, 2.45) is 5.92 Å². The summed E-state index contributed by atoms with van der Waals surface area (Å²) in [6, 6.07) is 15.5. The van der Waals surface area contributed by atoms with E-state index in [0.29, 0.717) is 50.1 Å². The summed E-state index contributed by atoms with van der Waals surface area (Å²) in [7, 11) is -3.62. The van der Waals surface area contributed by atoms with Gasteiger partial charge < -0.3 is 4.90 Å². The van der Waals surface area contributed by atoms with E-state index in [4.69, 9.17) is 0 Å². The summed E-state index contributed by atoms with van der Waals surface area (Å²) in [6.07, 6.45) is 1.22. The van der Waals surface area contributed by atoms with Gasteiger partial charge in [0.25, 0.3) is 5.91 Å². The first-order valence-electron chi connectivity index (χ1n) is 10.4. The minimum Gasteiger partial charge on any atom is -0.339 e. The number of benzene rings is 2. The molecule has 0 unspecified atom stereocenters. The molecule has 0 bridgehead atoms.